The second-order valence-electron chi connectivity index (χ2n) is 5.69. The fourth-order valence-electron chi connectivity index (χ4n) is 2.38. The van der Waals surface area contributed by atoms with Gasteiger partial charge in [-0.3, -0.25) is 0 Å². The fraction of sp³-hybridized carbons (Fsp3) is 0.333. The van der Waals surface area contributed by atoms with Crippen LogP contribution in [-0.2, 0) is 8.85 Å². The lowest BCUT2D eigenvalue weighted by Crippen LogP contribution is -2.65. The van der Waals surface area contributed by atoms with E-state index in [1.54, 1.807) is 60.7 Å². The van der Waals surface area contributed by atoms with Gasteiger partial charge in [-0.05, 0) is 16.8 Å². The quantitative estimate of drug-likeness (QED) is 0.503. The summed E-state index contributed by atoms with van der Waals surface area (Å²) in [5.41, 5.74) is 0. The summed E-state index contributed by atoms with van der Waals surface area (Å²) in [5, 5.41) is 0.940. The lowest BCUT2D eigenvalue weighted by atomic mass is 10.3. The lowest BCUT2D eigenvalue weighted by molar-refractivity contribution is -0.291. The van der Waals surface area contributed by atoms with Gasteiger partial charge in [-0.1, -0.05) is 67.6 Å². The molecular formula is C18H19F5O2Si. The number of hydrogen-bond donors (Lipinski definition) is 0. The molecule has 2 aromatic rings. The van der Waals surface area contributed by atoms with Crippen molar-refractivity contribution in [3.63, 3.8) is 0 Å². The van der Waals surface area contributed by atoms with Crippen molar-refractivity contribution >= 4 is 18.9 Å². The van der Waals surface area contributed by atoms with Crippen LogP contribution in [0.25, 0.3) is 0 Å². The van der Waals surface area contributed by atoms with Gasteiger partial charge >= 0.3 is 20.7 Å². The van der Waals surface area contributed by atoms with Gasteiger partial charge in [0.1, 0.15) is 6.61 Å². The highest BCUT2D eigenvalue weighted by atomic mass is 28.4. The van der Waals surface area contributed by atoms with E-state index >= 15 is 0 Å². The van der Waals surface area contributed by atoms with Crippen LogP contribution in [0.2, 0.25) is 0 Å². The zero-order valence-electron chi connectivity index (χ0n) is 14.1. The van der Waals surface area contributed by atoms with Crippen molar-refractivity contribution in [2.45, 2.75) is 25.4 Å². The minimum Gasteiger partial charge on any atom is -0.388 e. The number of rotatable bonds is 8. The van der Waals surface area contributed by atoms with E-state index in [1.165, 1.54) is 0 Å². The Bertz CT molecular complexity index is 637. The molecule has 0 heterocycles. The van der Waals surface area contributed by atoms with Gasteiger partial charge < -0.3 is 8.85 Å². The molecule has 2 aromatic carbocycles. The van der Waals surface area contributed by atoms with E-state index in [9.17, 15) is 22.0 Å². The number of benzene rings is 2. The summed E-state index contributed by atoms with van der Waals surface area (Å²) in [6.07, 6.45) is -5.13. The normalized spacial score (nSPS) is 13.0. The zero-order valence-corrected chi connectivity index (χ0v) is 15.1. The third-order valence-corrected chi connectivity index (χ3v) is 7.04. The fourth-order valence-corrected chi connectivity index (χ4v) is 5.60. The van der Waals surface area contributed by atoms with E-state index in [0.717, 1.165) is 0 Å². The molecule has 2 rings (SSSR count). The summed E-state index contributed by atoms with van der Waals surface area (Å²) >= 11 is 0. The molecule has 0 amide bonds. The van der Waals surface area contributed by atoms with Crippen molar-refractivity contribution in [1.82, 2.24) is 0 Å². The standard InChI is InChI=1S/C18H19F5O2Si/c1-2-13-24-26(15-9-5-3-6-10-15,16-11-7-4-8-12-16)25-14-17(19,20)18(21,22)23/h3-12H,2,13-14H2,1H3. The molecule has 0 aromatic heterocycles. The van der Waals surface area contributed by atoms with Crippen molar-refractivity contribution < 1.29 is 30.8 Å². The first-order valence-corrected chi connectivity index (χ1v) is 9.88. The summed E-state index contributed by atoms with van der Waals surface area (Å²) in [4.78, 5) is 0. The topological polar surface area (TPSA) is 18.5 Å². The van der Waals surface area contributed by atoms with Crippen molar-refractivity contribution in [3.05, 3.63) is 60.7 Å². The third-order valence-electron chi connectivity index (χ3n) is 3.69. The minimum atomic E-state index is -5.69. The second-order valence-corrected chi connectivity index (χ2v) is 8.65. The maximum absolute atomic E-state index is 13.5. The van der Waals surface area contributed by atoms with E-state index < -0.39 is 27.3 Å². The van der Waals surface area contributed by atoms with Crippen LogP contribution in [0, 0.1) is 0 Å². The van der Waals surface area contributed by atoms with Gasteiger partial charge in [0.05, 0.1) is 0 Å². The van der Waals surface area contributed by atoms with Gasteiger partial charge in [-0.2, -0.15) is 22.0 Å². The van der Waals surface area contributed by atoms with Gasteiger partial charge in [0, 0.05) is 6.61 Å². The van der Waals surface area contributed by atoms with Gasteiger partial charge in [0.25, 0.3) is 0 Å². The first-order valence-electron chi connectivity index (χ1n) is 8.06. The van der Waals surface area contributed by atoms with Crippen LogP contribution < -0.4 is 10.4 Å². The summed E-state index contributed by atoms with van der Waals surface area (Å²) in [7, 11) is -3.74. The molecule has 0 fully saturated rings. The van der Waals surface area contributed by atoms with Gasteiger partial charge in [0.2, 0.25) is 0 Å². The average molecular weight is 390 g/mol. The molecular weight excluding hydrogens is 371 g/mol. The van der Waals surface area contributed by atoms with E-state index in [0.29, 0.717) is 16.8 Å². The number of alkyl halides is 5. The van der Waals surface area contributed by atoms with Crippen LogP contribution in [0.15, 0.2) is 60.7 Å². The zero-order chi connectivity index (χ0) is 19.3. The first-order chi connectivity index (χ1) is 12.2. The van der Waals surface area contributed by atoms with Gasteiger partial charge in [0.15, 0.2) is 0 Å². The Morgan fingerprint density at radius 3 is 1.62 bits per heavy atom. The Hall–Kier alpha value is -1.77. The van der Waals surface area contributed by atoms with Crippen LogP contribution in [-0.4, -0.2) is 33.9 Å². The smallest absolute Gasteiger partial charge is 0.388 e. The van der Waals surface area contributed by atoms with Crippen LogP contribution in [0.1, 0.15) is 13.3 Å². The Morgan fingerprint density at radius 1 is 0.769 bits per heavy atom. The highest BCUT2D eigenvalue weighted by Gasteiger charge is 2.59. The van der Waals surface area contributed by atoms with Crippen molar-refractivity contribution in [2.24, 2.45) is 0 Å². The van der Waals surface area contributed by atoms with Gasteiger partial charge in [-0.25, -0.2) is 0 Å². The maximum Gasteiger partial charge on any atom is 0.455 e. The molecule has 0 saturated heterocycles. The Morgan fingerprint density at radius 2 is 1.23 bits per heavy atom. The molecule has 0 aliphatic carbocycles. The molecule has 0 aliphatic rings. The highest BCUT2D eigenvalue weighted by Crippen LogP contribution is 2.36. The number of halogens is 5. The van der Waals surface area contributed by atoms with E-state index in [-0.39, 0.29) is 6.61 Å². The van der Waals surface area contributed by atoms with E-state index in [2.05, 4.69) is 0 Å². The molecule has 0 spiro atoms. The molecule has 0 bridgehead atoms. The van der Waals surface area contributed by atoms with Crippen molar-refractivity contribution in [3.8, 4) is 0 Å². The largest absolute Gasteiger partial charge is 0.455 e. The predicted molar refractivity (Wildman–Crippen MR) is 91.1 cm³/mol. The summed E-state index contributed by atoms with van der Waals surface area (Å²) < 4.78 is 76.1. The molecule has 0 saturated carbocycles. The van der Waals surface area contributed by atoms with Crippen molar-refractivity contribution in [1.29, 1.82) is 0 Å². The van der Waals surface area contributed by atoms with Crippen molar-refractivity contribution in [2.75, 3.05) is 13.2 Å². The van der Waals surface area contributed by atoms with Crippen LogP contribution in [0.4, 0.5) is 22.0 Å². The molecule has 26 heavy (non-hydrogen) atoms. The molecule has 2 nitrogen and oxygen atoms in total. The van der Waals surface area contributed by atoms with Crippen LogP contribution in [0.5, 0.6) is 0 Å². The van der Waals surface area contributed by atoms with Gasteiger partial charge in [-0.15, -0.1) is 0 Å². The summed E-state index contributed by atoms with van der Waals surface area (Å²) in [5.74, 6) is -4.97. The van der Waals surface area contributed by atoms with E-state index in [1.807, 2.05) is 6.92 Å². The minimum absolute atomic E-state index is 0.174. The molecule has 0 radical (unpaired) electrons. The Kier molecular flexibility index (Phi) is 6.54. The number of hydrogen-bond acceptors (Lipinski definition) is 2. The van der Waals surface area contributed by atoms with Crippen LogP contribution >= 0.6 is 0 Å². The highest BCUT2D eigenvalue weighted by molar-refractivity contribution is 6.92. The molecule has 142 valence electrons. The Labute approximate surface area is 149 Å². The van der Waals surface area contributed by atoms with Crippen LogP contribution in [0.3, 0.4) is 0 Å². The summed E-state index contributed by atoms with van der Waals surface area (Å²) in [6.45, 7) is 0.198. The molecule has 8 heteroatoms. The molecule has 0 unspecified atom stereocenters. The Balaban J connectivity index is 2.49. The monoisotopic (exact) mass is 390 g/mol. The third kappa shape index (κ3) is 4.49. The predicted octanol–water partition coefficient (Wildman–Crippen LogP) is 3.88. The maximum atomic E-state index is 13.5. The molecule has 0 N–H and O–H groups in total. The summed E-state index contributed by atoms with van der Waals surface area (Å²) in [6, 6.07) is 16.6. The SMILES string of the molecule is CCCO[Si](OCC(F)(F)C(F)(F)F)(c1ccccc1)c1ccccc1. The molecule has 0 aliphatic heterocycles. The second kappa shape index (κ2) is 8.28. The van der Waals surface area contributed by atoms with E-state index in [4.69, 9.17) is 8.85 Å². The first kappa shape index (κ1) is 20.5. The average Bonchev–Trinajstić information content (AvgIpc) is 2.63. The molecule has 0 atom stereocenters. The lowest BCUT2D eigenvalue weighted by Gasteiger charge is -2.33.